The predicted molar refractivity (Wildman–Crippen MR) is 115 cm³/mol. The number of aromatic nitrogens is 2. The van der Waals surface area contributed by atoms with Crippen LogP contribution in [-0.4, -0.2) is 66.6 Å². The number of carbonyl (C=O) groups excluding carboxylic acids is 2. The molecule has 0 saturated carbocycles. The van der Waals surface area contributed by atoms with Crippen LogP contribution in [0.3, 0.4) is 0 Å². The normalized spacial score (nSPS) is 14.2. The Morgan fingerprint density at radius 1 is 1.23 bits per heavy atom. The van der Waals surface area contributed by atoms with E-state index in [1.807, 2.05) is 4.90 Å². The molecule has 3 heterocycles. The molecule has 3 rings (SSSR count). The molecule has 0 bridgehead atoms. The Bertz CT molecular complexity index is 1000. The number of aromatic amines is 1. The molecule has 0 spiro atoms. The van der Waals surface area contributed by atoms with E-state index >= 15 is 0 Å². The molecular weight excluding hydrogens is 405 g/mol. The van der Waals surface area contributed by atoms with Gasteiger partial charge in [-0.05, 0) is 30.7 Å². The molecule has 4 N–H and O–H groups in total. The van der Waals surface area contributed by atoms with Crippen molar-refractivity contribution in [2.24, 2.45) is 0 Å². The number of carbonyl (C=O) groups is 2. The van der Waals surface area contributed by atoms with Gasteiger partial charge < -0.3 is 25.8 Å². The van der Waals surface area contributed by atoms with Crippen LogP contribution in [0, 0.1) is 5.95 Å². The molecule has 31 heavy (non-hydrogen) atoms. The first-order valence-corrected chi connectivity index (χ1v) is 10.0. The molecule has 3 amide bonds. The van der Waals surface area contributed by atoms with Gasteiger partial charge in [0.05, 0.1) is 5.69 Å². The van der Waals surface area contributed by atoms with Gasteiger partial charge >= 0.3 is 6.03 Å². The van der Waals surface area contributed by atoms with E-state index in [2.05, 4.69) is 30.8 Å². The standard InChI is InChI=1S/C20H26FN7O3/c1-3-23-20(31)26-15-10-13(11-24-19(15)30)12-27-6-8-28(9-7-27)16-5-4-14(18(29)22-2)25-17(16)21/h4-5,10-11H,3,6-9,12H2,1-2H3,(H,22,29)(H,24,30)(H2,23,26,31). The number of hydrogen-bond donors (Lipinski definition) is 4. The molecule has 0 aliphatic carbocycles. The highest BCUT2D eigenvalue weighted by Gasteiger charge is 2.21. The topological polar surface area (TPSA) is 122 Å². The number of nitrogens with one attached hydrogen (secondary N) is 4. The molecule has 0 radical (unpaired) electrons. The fourth-order valence-corrected chi connectivity index (χ4v) is 3.36. The van der Waals surface area contributed by atoms with Crippen molar-refractivity contribution in [3.8, 4) is 0 Å². The monoisotopic (exact) mass is 431 g/mol. The summed E-state index contributed by atoms with van der Waals surface area (Å²) in [7, 11) is 1.47. The maximum absolute atomic E-state index is 14.4. The second-order valence-corrected chi connectivity index (χ2v) is 7.08. The van der Waals surface area contributed by atoms with Gasteiger partial charge in [0.15, 0.2) is 0 Å². The van der Waals surface area contributed by atoms with Crippen LogP contribution in [0.4, 0.5) is 20.6 Å². The number of urea groups is 1. The molecule has 166 valence electrons. The first-order chi connectivity index (χ1) is 14.9. The SMILES string of the molecule is CCNC(=O)Nc1cc(CN2CCN(c3ccc(C(=O)NC)nc3F)CC2)c[nH]c1=O. The molecule has 0 aromatic carbocycles. The molecule has 2 aromatic heterocycles. The molecule has 10 nitrogen and oxygen atoms in total. The van der Waals surface area contributed by atoms with E-state index in [4.69, 9.17) is 0 Å². The van der Waals surface area contributed by atoms with Gasteiger partial charge in [-0.15, -0.1) is 0 Å². The molecule has 11 heteroatoms. The maximum atomic E-state index is 14.4. The van der Waals surface area contributed by atoms with E-state index < -0.39 is 17.9 Å². The van der Waals surface area contributed by atoms with Crippen molar-refractivity contribution in [2.75, 3.05) is 50.0 Å². The number of halogens is 1. The number of rotatable bonds is 6. The van der Waals surface area contributed by atoms with Crippen molar-refractivity contribution in [1.82, 2.24) is 25.5 Å². The molecule has 1 aliphatic heterocycles. The van der Waals surface area contributed by atoms with Gasteiger partial charge in [0.2, 0.25) is 5.95 Å². The number of amides is 3. The van der Waals surface area contributed by atoms with Crippen LogP contribution in [-0.2, 0) is 6.54 Å². The van der Waals surface area contributed by atoms with Gasteiger partial charge in [0, 0.05) is 52.5 Å². The van der Waals surface area contributed by atoms with Crippen molar-refractivity contribution in [3.05, 3.63) is 52.0 Å². The second-order valence-electron chi connectivity index (χ2n) is 7.08. The number of piperazine rings is 1. The van der Waals surface area contributed by atoms with Crippen molar-refractivity contribution < 1.29 is 14.0 Å². The summed E-state index contributed by atoms with van der Waals surface area (Å²) < 4.78 is 14.4. The van der Waals surface area contributed by atoms with Gasteiger partial charge in [-0.2, -0.15) is 4.39 Å². The third kappa shape index (κ3) is 5.57. The Hall–Kier alpha value is -3.47. The largest absolute Gasteiger partial charge is 0.365 e. The van der Waals surface area contributed by atoms with Crippen LogP contribution in [0.25, 0.3) is 0 Å². The molecule has 2 aromatic rings. The van der Waals surface area contributed by atoms with Gasteiger partial charge in [-0.3, -0.25) is 14.5 Å². The number of nitrogens with zero attached hydrogens (tertiary/aromatic N) is 3. The molecule has 1 saturated heterocycles. The summed E-state index contributed by atoms with van der Waals surface area (Å²) in [4.78, 5) is 45.7. The van der Waals surface area contributed by atoms with E-state index in [0.717, 1.165) is 5.56 Å². The van der Waals surface area contributed by atoms with Gasteiger partial charge in [-0.1, -0.05) is 0 Å². The lowest BCUT2D eigenvalue weighted by Crippen LogP contribution is -2.46. The second kappa shape index (κ2) is 10.0. The van der Waals surface area contributed by atoms with Crippen molar-refractivity contribution >= 4 is 23.3 Å². The lowest BCUT2D eigenvalue weighted by molar-refractivity contribution is 0.0957. The van der Waals surface area contributed by atoms with Crippen LogP contribution >= 0.6 is 0 Å². The Balaban J connectivity index is 1.60. The van der Waals surface area contributed by atoms with Crippen molar-refractivity contribution in [1.29, 1.82) is 0 Å². The highest BCUT2D eigenvalue weighted by Crippen LogP contribution is 2.20. The molecule has 1 fully saturated rings. The smallest absolute Gasteiger partial charge is 0.319 e. The Kier molecular flexibility index (Phi) is 7.19. The molecule has 1 aliphatic rings. The van der Waals surface area contributed by atoms with E-state index in [9.17, 15) is 18.8 Å². The van der Waals surface area contributed by atoms with E-state index in [1.54, 1.807) is 25.3 Å². The van der Waals surface area contributed by atoms with Crippen molar-refractivity contribution in [2.45, 2.75) is 13.5 Å². The summed E-state index contributed by atoms with van der Waals surface area (Å²) in [5.41, 5.74) is 1.07. The highest BCUT2D eigenvalue weighted by atomic mass is 19.1. The Morgan fingerprint density at radius 3 is 2.61 bits per heavy atom. The van der Waals surface area contributed by atoms with E-state index in [-0.39, 0.29) is 16.9 Å². The minimum absolute atomic E-state index is 0.0393. The molecular formula is C20H26FN7O3. The zero-order valence-electron chi connectivity index (χ0n) is 17.5. The predicted octanol–water partition coefficient (Wildman–Crippen LogP) is 0.732. The lowest BCUT2D eigenvalue weighted by atomic mass is 10.2. The third-order valence-corrected chi connectivity index (χ3v) is 4.96. The summed E-state index contributed by atoms with van der Waals surface area (Å²) in [6, 6.07) is 4.30. The summed E-state index contributed by atoms with van der Waals surface area (Å²) >= 11 is 0. The quantitative estimate of drug-likeness (QED) is 0.500. The average molecular weight is 431 g/mol. The summed E-state index contributed by atoms with van der Waals surface area (Å²) in [5, 5.41) is 7.55. The lowest BCUT2D eigenvalue weighted by Gasteiger charge is -2.36. The van der Waals surface area contributed by atoms with Crippen LogP contribution < -0.4 is 26.4 Å². The highest BCUT2D eigenvalue weighted by molar-refractivity contribution is 5.92. The minimum atomic E-state index is -0.670. The number of hydrogen-bond acceptors (Lipinski definition) is 6. The number of anilines is 2. The third-order valence-electron chi connectivity index (χ3n) is 4.96. The summed E-state index contributed by atoms with van der Waals surface area (Å²) in [5.74, 6) is -1.10. The Morgan fingerprint density at radius 2 is 1.97 bits per heavy atom. The first kappa shape index (κ1) is 22.2. The summed E-state index contributed by atoms with van der Waals surface area (Å²) in [6.45, 7) is 5.35. The Labute approximate surface area is 178 Å². The summed E-state index contributed by atoms with van der Waals surface area (Å²) in [6.07, 6.45) is 1.62. The van der Waals surface area contributed by atoms with Gasteiger partial charge in [-0.25, -0.2) is 9.78 Å². The zero-order chi connectivity index (χ0) is 22.4. The van der Waals surface area contributed by atoms with Crippen LogP contribution in [0.1, 0.15) is 23.0 Å². The maximum Gasteiger partial charge on any atom is 0.319 e. The van der Waals surface area contributed by atoms with Crippen LogP contribution in [0.2, 0.25) is 0 Å². The number of pyridine rings is 2. The van der Waals surface area contributed by atoms with E-state index in [1.165, 1.54) is 13.1 Å². The van der Waals surface area contributed by atoms with Crippen LogP contribution in [0.15, 0.2) is 29.2 Å². The first-order valence-electron chi connectivity index (χ1n) is 10.0. The van der Waals surface area contributed by atoms with Crippen molar-refractivity contribution in [3.63, 3.8) is 0 Å². The van der Waals surface area contributed by atoms with Gasteiger partial charge in [0.25, 0.3) is 11.5 Å². The minimum Gasteiger partial charge on any atom is -0.365 e. The average Bonchev–Trinajstić information content (AvgIpc) is 2.76. The number of H-pyrrole nitrogens is 1. The molecule has 0 atom stereocenters. The fourth-order valence-electron chi connectivity index (χ4n) is 3.36. The van der Waals surface area contributed by atoms with E-state index in [0.29, 0.717) is 45.0 Å². The fraction of sp³-hybridized carbons (Fsp3) is 0.400. The molecule has 0 unspecified atom stereocenters. The van der Waals surface area contributed by atoms with Gasteiger partial charge in [0.1, 0.15) is 11.4 Å². The van der Waals surface area contributed by atoms with Crippen LogP contribution in [0.5, 0.6) is 0 Å². The zero-order valence-corrected chi connectivity index (χ0v) is 17.5.